The molecular formula is C14H34OSSi3. The second-order valence-corrected chi connectivity index (χ2v) is 36.3. The van der Waals surface area contributed by atoms with E-state index in [-0.39, 0.29) is 5.60 Å². The van der Waals surface area contributed by atoms with Crippen LogP contribution in [-0.4, -0.2) is 33.4 Å². The maximum atomic E-state index is 6.81. The third kappa shape index (κ3) is 3.59. The summed E-state index contributed by atoms with van der Waals surface area (Å²) >= 11 is 4.66. The van der Waals surface area contributed by atoms with Gasteiger partial charge in [-0.25, -0.2) is 0 Å². The summed E-state index contributed by atoms with van der Waals surface area (Å²) in [7, 11) is -3.78. The van der Waals surface area contributed by atoms with Gasteiger partial charge in [-0.05, 0) is 45.3 Å². The van der Waals surface area contributed by atoms with Crippen molar-refractivity contribution in [2.75, 3.05) is 0 Å². The summed E-state index contributed by atoms with van der Waals surface area (Å²) in [5, 5.41) is 0.544. The van der Waals surface area contributed by atoms with Crippen LogP contribution in [0.1, 0.15) is 33.1 Å². The Bertz CT molecular complexity index is 309. The summed E-state index contributed by atoms with van der Waals surface area (Å²) in [6.07, 6.45) is 3.57. The Morgan fingerprint density at radius 2 is 1.68 bits per heavy atom. The summed E-state index contributed by atoms with van der Waals surface area (Å²) in [6, 6.07) is 1.36. The van der Waals surface area contributed by atoms with Crippen LogP contribution < -0.4 is 0 Å². The molecule has 1 aliphatic rings. The van der Waals surface area contributed by atoms with E-state index >= 15 is 0 Å². The van der Waals surface area contributed by atoms with Gasteiger partial charge in [-0.3, -0.25) is 0 Å². The lowest BCUT2D eigenvalue weighted by atomic mass is 10.0. The largest absolute Gasteiger partial charge is 0.415 e. The van der Waals surface area contributed by atoms with Gasteiger partial charge < -0.3 is 4.43 Å². The first-order chi connectivity index (χ1) is 8.37. The molecule has 19 heavy (non-hydrogen) atoms. The van der Waals surface area contributed by atoms with Crippen molar-refractivity contribution < 1.29 is 4.43 Å². The highest BCUT2D eigenvalue weighted by Gasteiger charge is 2.61. The second kappa shape index (κ2) is 5.63. The lowest BCUT2D eigenvalue weighted by Gasteiger charge is -2.58. The Balaban J connectivity index is 2.90. The fraction of sp³-hybridized carbons (Fsp3) is 1.00. The summed E-state index contributed by atoms with van der Waals surface area (Å²) < 4.78 is 6.81. The monoisotopic (exact) mass is 334 g/mol. The Hall–Kier alpha value is 0.961. The Kier molecular flexibility index (Phi) is 5.34. The topological polar surface area (TPSA) is 9.23 Å². The van der Waals surface area contributed by atoms with E-state index in [0.717, 1.165) is 0 Å². The van der Waals surface area contributed by atoms with Gasteiger partial charge in [-0.1, -0.05) is 33.1 Å². The molecule has 0 aromatic heterocycles. The van der Waals surface area contributed by atoms with Gasteiger partial charge in [0.2, 0.25) is 0 Å². The van der Waals surface area contributed by atoms with Crippen molar-refractivity contribution >= 4 is 35.2 Å². The molecule has 0 radical (unpaired) electrons. The molecule has 0 N–H and O–H groups in total. The Labute approximate surface area is 129 Å². The highest BCUT2D eigenvalue weighted by atomic mass is 32.1. The van der Waals surface area contributed by atoms with Crippen LogP contribution in [0.3, 0.4) is 0 Å². The highest BCUT2D eigenvalue weighted by molar-refractivity contribution is 7.80. The maximum Gasteiger partial charge on any atom is 0.172 e. The fourth-order valence-electron chi connectivity index (χ4n) is 3.57. The van der Waals surface area contributed by atoms with Crippen molar-refractivity contribution in [1.82, 2.24) is 0 Å². The van der Waals surface area contributed by atoms with E-state index in [0.29, 0.717) is 5.25 Å². The van der Waals surface area contributed by atoms with E-state index in [1.807, 2.05) is 0 Å². The fourth-order valence-corrected chi connectivity index (χ4v) is 34.5. The van der Waals surface area contributed by atoms with Crippen molar-refractivity contribution in [2.45, 2.75) is 89.3 Å². The number of thiol groups is 1. The Morgan fingerprint density at radius 1 is 1.16 bits per heavy atom. The average molecular weight is 335 g/mol. The number of hydrogen-bond acceptors (Lipinski definition) is 2. The van der Waals surface area contributed by atoms with Gasteiger partial charge in [-0.2, -0.15) is 12.6 Å². The molecule has 1 aliphatic heterocycles. The zero-order valence-electron chi connectivity index (χ0n) is 14.3. The van der Waals surface area contributed by atoms with Crippen LogP contribution in [-0.2, 0) is 4.43 Å². The van der Waals surface area contributed by atoms with Crippen molar-refractivity contribution in [2.24, 2.45) is 0 Å². The molecule has 1 nitrogen and oxygen atoms in total. The molecule has 114 valence electrons. The third-order valence-corrected chi connectivity index (χ3v) is 47.2. The standard InChI is InChI=1S/C14H34OSSi3/c1-9-13(16)10-11-14(2)12-17(3,4)19(7,8)18(5,6)15-14/h13,16H,9-12H2,1-8H3. The van der Waals surface area contributed by atoms with Gasteiger partial charge in [0.1, 0.15) is 0 Å². The van der Waals surface area contributed by atoms with E-state index in [4.69, 9.17) is 4.43 Å². The smallest absolute Gasteiger partial charge is 0.172 e. The molecule has 0 bridgehead atoms. The van der Waals surface area contributed by atoms with Gasteiger partial charge in [0.05, 0.1) is 12.7 Å². The molecule has 1 heterocycles. The molecule has 0 aromatic rings. The number of hydrogen-bond donors (Lipinski definition) is 1. The molecule has 0 spiro atoms. The summed E-state index contributed by atoms with van der Waals surface area (Å²) in [4.78, 5) is 0. The first kappa shape index (κ1) is 18.0. The molecule has 1 rings (SSSR count). The number of rotatable bonds is 4. The predicted molar refractivity (Wildman–Crippen MR) is 99.0 cm³/mol. The van der Waals surface area contributed by atoms with E-state index < -0.39 is 22.5 Å². The highest BCUT2D eigenvalue weighted by Crippen LogP contribution is 2.45. The predicted octanol–water partition coefficient (Wildman–Crippen LogP) is 5.04. The quantitative estimate of drug-likeness (QED) is 0.559. The second-order valence-electron chi connectivity index (χ2n) is 8.35. The van der Waals surface area contributed by atoms with Crippen LogP contribution in [0.25, 0.3) is 0 Å². The van der Waals surface area contributed by atoms with E-state index in [9.17, 15) is 0 Å². The normalized spacial score (nSPS) is 33.9. The van der Waals surface area contributed by atoms with Gasteiger partial charge in [0.25, 0.3) is 0 Å². The molecular weight excluding hydrogens is 300 g/mol. The maximum absolute atomic E-state index is 6.81. The van der Waals surface area contributed by atoms with Crippen LogP contribution >= 0.6 is 12.6 Å². The van der Waals surface area contributed by atoms with Gasteiger partial charge in [0, 0.05) is 12.8 Å². The van der Waals surface area contributed by atoms with Crippen molar-refractivity contribution in [3.8, 4) is 0 Å². The molecule has 0 aromatic carbocycles. The molecule has 0 saturated carbocycles. The zero-order chi connectivity index (χ0) is 15.1. The summed E-state index contributed by atoms with van der Waals surface area (Å²) in [5.41, 5.74) is 0.143. The minimum absolute atomic E-state index is 0.143. The van der Waals surface area contributed by atoms with Crippen molar-refractivity contribution in [3.63, 3.8) is 0 Å². The molecule has 5 heteroatoms. The van der Waals surface area contributed by atoms with Crippen LogP contribution in [0.15, 0.2) is 0 Å². The minimum Gasteiger partial charge on any atom is -0.415 e. The lowest BCUT2D eigenvalue weighted by Crippen LogP contribution is -2.78. The average Bonchev–Trinajstić information content (AvgIpc) is 2.22. The van der Waals surface area contributed by atoms with Crippen molar-refractivity contribution in [3.05, 3.63) is 0 Å². The first-order valence-electron chi connectivity index (χ1n) is 7.75. The van der Waals surface area contributed by atoms with Gasteiger partial charge in [-0.15, -0.1) is 0 Å². The zero-order valence-corrected chi connectivity index (χ0v) is 18.2. The van der Waals surface area contributed by atoms with E-state index in [2.05, 4.69) is 65.8 Å². The summed E-state index contributed by atoms with van der Waals surface area (Å²) in [5.74, 6) is 0. The van der Waals surface area contributed by atoms with Gasteiger partial charge >= 0.3 is 0 Å². The third-order valence-electron chi connectivity index (χ3n) is 5.99. The molecule has 2 atom stereocenters. The van der Waals surface area contributed by atoms with Crippen molar-refractivity contribution in [1.29, 1.82) is 0 Å². The molecule has 0 amide bonds. The molecule has 2 unspecified atom stereocenters. The van der Waals surface area contributed by atoms with Crippen LogP contribution in [0, 0.1) is 0 Å². The van der Waals surface area contributed by atoms with E-state index in [1.54, 1.807) is 0 Å². The van der Waals surface area contributed by atoms with Crippen LogP contribution in [0.2, 0.25) is 45.3 Å². The Morgan fingerprint density at radius 3 is 2.11 bits per heavy atom. The molecule has 1 fully saturated rings. The van der Waals surface area contributed by atoms with Gasteiger partial charge in [0.15, 0.2) is 7.83 Å². The molecule has 1 saturated heterocycles. The minimum atomic E-state index is -1.50. The van der Waals surface area contributed by atoms with E-state index in [1.165, 1.54) is 25.3 Å². The lowest BCUT2D eigenvalue weighted by molar-refractivity contribution is 0.0884. The van der Waals surface area contributed by atoms with Crippen LogP contribution in [0.4, 0.5) is 0 Å². The summed E-state index contributed by atoms with van der Waals surface area (Å²) in [6.45, 7) is 20.1. The first-order valence-corrected chi connectivity index (χ1v) is 19.4. The van der Waals surface area contributed by atoms with Crippen LogP contribution in [0.5, 0.6) is 0 Å². The molecule has 0 aliphatic carbocycles. The SMILES string of the molecule is CCC(S)CCC1(C)C[Si](C)(C)[Si](C)(C)[Si](C)(C)O1.